The van der Waals surface area contributed by atoms with Gasteiger partial charge in [-0.05, 0) is 0 Å². The van der Waals surface area contributed by atoms with Crippen LogP contribution in [0.25, 0.3) is 0 Å². The van der Waals surface area contributed by atoms with E-state index >= 15 is 0 Å². The SMILES string of the molecule is O=C1C=CC(OCCC[PH](c2ccccc2)(c2ccccc2)c2ccccc2)=CC1=O. The number of ether oxygens (including phenoxy) is 1. The molecule has 0 unspecified atom stereocenters. The van der Waals surface area contributed by atoms with Crippen LogP contribution >= 0.6 is 7.26 Å². The molecule has 0 saturated carbocycles. The van der Waals surface area contributed by atoms with Crippen molar-refractivity contribution in [3.05, 3.63) is 115 Å². The summed E-state index contributed by atoms with van der Waals surface area (Å²) in [6.45, 7) is 0.485. The van der Waals surface area contributed by atoms with Crippen molar-refractivity contribution in [2.45, 2.75) is 6.42 Å². The van der Waals surface area contributed by atoms with Crippen LogP contribution in [0.2, 0.25) is 0 Å². The molecule has 0 radical (unpaired) electrons. The van der Waals surface area contributed by atoms with Crippen molar-refractivity contribution in [2.24, 2.45) is 0 Å². The number of hydrogen-bond donors (Lipinski definition) is 0. The standard InChI is InChI=1S/C27H25O3P/c28-26-18-17-22(21-27(26)29)30-19-10-20-31(23-11-4-1-5-12-23,24-13-6-2-7-14-24)25-15-8-3-9-16-25/h1-9,11-18,21,31H,10,19-20H2. The minimum absolute atomic E-state index is 0.455. The van der Waals surface area contributed by atoms with Crippen LogP contribution in [-0.4, -0.2) is 24.3 Å². The Morgan fingerprint density at radius 3 is 1.55 bits per heavy atom. The predicted molar refractivity (Wildman–Crippen MR) is 129 cm³/mol. The number of ketones is 2. The summed E-state index contributed by atoms with van der Waals surface area (Å²) in [5.74, 6) is -0.578. The topological polar surface area (TPSA) is 43.4 Å². The van der Waals surface area contributed by atoms with Gasteiger partial charge in [-0.3, -0.25) is 0 Å². The molecule has 0 fully saturated rings. The fraction of sp³-hybridized carbons (Fsp3) is 0.111. The number of hydrogen-bond acceptors (Lipinski definition) is 3. The molecule has 0 spiro atoms. The second kappa shape index (κ2) is 9.68. The van der Waals surface area contributed by atoms with Gasteiger partial charge in [0.05, 0.1) is 0 Å². The number of carbonyl (C=O) groups excluding carboxylic acids is 2. The first-order valence-electron chi connectivity index (χ1n) is 10.5. The van der Waals surface area contributed by atoms with Crippen molar-refractivity contribution in [1.82, 2.24) is 0 Å². The normalized spacial score (nSPS) is 14.3. The molecule has 0 aliphatic heterocycles. The molecular weight excluding hydrogens is 403 g/mol. The molecule has 0 aromatic heterocycles. The molecule has 3 aromatic carbocycles. The minimum atomic E-state index is -2.27. The Kier molecular flexibility index (Phi) is 6.54. The van der Waals surface area contributed by atoms with Crippen LogP contribution in [0.3, 0.4) is 0 Å². The molecule has 3 nitrogen and oxygen atoms in total. The van der Waals surface area contributed by atoms with Crippen molar-refractivity contribution >= 4 is 34.7 Å². The summed E-state index contributed by atoms with van der Waals surface area (Å²) in [5.41, 5.74) is 0. The third kappa shape index (κ3) is 4.57. The van der Waals surface area contributed by atoms with Gasteiger partial charge in [-0.25, -0.2) is 0 Å². The first-order valence-corrected chi connectivity index (χ1v) is 12.7. The maximum atomic E-state index is 11.6. The van der Waals surface area contributed by atoms with Gasteiger partial charge < -0.3 is 0 Å². The maximum absolute atomic E-state index is 11.6. The molecule has 0 amide bonds. The summed E-state index contributed by atoms with van der Waals surface area (Å²) in [6, 6.07) is 32.3. The van der Waals surface area contributed by atoms with E-state index in [-0.39, 0.29) is 0 Å². The van der Waals surface area contributed by atoms with Gasteiger partial charge in [-0.15, -0.1) is 0 Å². The molecule has 31 heavy (non-hydrogen) atoms. The molecule has 1 aliphatic carbocycles. The fourth-order valence-corrected chi connectivity index (χ4v) is 9.03. The van der Waals surface area contributed by atoms with E-state index < -0.39 is 18.8 Å². The van der Waals surface area contributed by atoms with E-state index in [1.54, 1.807) is 6.08 Å². The molecule has 0 atom stereocenters. The van der Waals surface area contributed by atoms with Crippen LogP contribution in [0.4, 0.5) is 0 Å². The number of rotatable bonds is 8. The molecule has 156 valence electrons. The molecule has 0 heterocycles. The number of allylic oxidation sites excluding steroid dienone is 3. The second-order valence-corrected chi connectivity index (χ2v) is 11.6. The van der Waals surface area contributed by atoms with Gasteiger partial charge in [0.25, 0.3) is 0 Å². The molecule has 1 aliphatic rings. The van der Waals surface area contributed by atoms with Crippen molar-refractivity contribution in [3.8, 4) is 0 Å². The van der Waals surface area contributed by atoms with Crippen LogP contribution < -0.4 is 15.9 Å². The van der Waals surface area contributed by atoms with Crippen LogP contribution in [0.5, 0.6) is 0 Å². The number of carbonyl (C=O) groups is 2. The molecule has 3 aromatic rings. The summed E-state index contributed by atoms with van der Waals surface area (Å²) in [5, 5.41) is 4.10. The third-order valence-corrected chi connectivity index (χ3v) is 10.7. The molecule has 0 saturated heterocycles. The first kappa shape index (κ1) is 21.0. The van der Waals surface area contributed by atoms with Gasteiger partial charge in [0.1, 0.15) is 0 Å². The predicted octanol–water partition coefficient (Wildman–Crippen LogP) is 3.71. The number of benzene rings is 3. The zero-order chi connectivity index (χ0) is 21.5. The first-order chi connectivity index (χ1) is 15.2. The molecule has 4 heteroatoms. The second-order valence-electron chi connectivity index (χ2n) is 7.56. The monoisotopic (exact) mass is 428 g/mol. The zero-order valence-electron chi connectivity index (χ0n) is 17.2. The average Bonchev–Trinajstić information content (AvgIpc) is 2.83. The van der Waals surface area contributed by atoms with Crippen LogP contribution in [0, 0.1) is 0 Å². The van der Waals surface area contributed by atoms with Gasteiger partial charge in [-0.2, -0.15) is 0 Å². The quantitative estimate of drug-likeness (QED) is 0.238. The molecule has 4 rings (SSSR count). The van der Waals surface area contributed by atoms with E-state index in [1.165, 1.54) is 28.1 Å². The molecule has 0 bridgehead atoms. The van der Waals surface area contributed by atoms with Crippen LogP contribution in [0.15, 0.2) is 115 Å². The Labute approximate surface area is 183 Å². The van der Waals surface area contributed by atoms with Gasteiger partial charge in [0, 0.05) is 0 Å². The Balaban J connectivity index is 1.64. The Hall–Kier alpha value is -3.29. The van der Waals surface area contributed by atoms with Crippen molar-refractivity contribution in [2.75, 3.05) is 12.8 Å². The van der Waals surface area contributed by atoms with Crippen LogP contribution in [0.1, 0.15) is 6.42 Å². The van der Waals surface area contributed by atoms with E-state index in [9.17, 15) is 9.59 Å². The summed E-state index contributed by atoms with van der Waals surface area (Å²) >= 11 is 0. The van der Waals surface area contributed by atoms with E-state index in [4.69, 9.17) is 4.74 Å². The average molecular weight is 428 g/mol. The van der Waals surface area contributed by atoms with Gasteiger partial charge in [0.2, 0.25) is 0 Å². The summed E-state index contributed by atoms with van der Waals surface area (Å²) in [4.78, 5) is 22.9. The third-order valence-electron chi connectivity index (χ3n) is 5.68. The van der Waals surface area contributed by atoms with Crippen LogP contribution in [-0.2, 0) is 14.3 Å². The van der Waals surface area contributed by atoms with Gasteiger partial charge in [-0.1, -0.05) is 0 Å². The Morgan fingerprint density at radius 1 is 0.613 bits per heavy atom. The van der Waals surface area contributed by atoms with Crippen molar-refractivity contribution < 1.29 is 14.3 Å². The Bertz CT molecular complexity index is 1010. The van der Waals surface area contributed by atoms with Gasteiger partial charge in [0.15, 0.2) is 0 Å². The van der Waals surface area contributed by atoms with E-state index in [1.807, 2.05) is 0 Å². The zero-order valence-corrected chi connectivity index (χ0v) is 18.2. The molecular formula is C27H25O3P. The summed E-state index contributed by atoms with van der Waals surface area (Å²) in [6.07, 6.45) is 5.92. The van der Waals surface area contributed by atoms with Gasteiger partial charge >= 0.3 is 183 Å². The van der Waals surface area contributed by atoms with E-state index in [0.717, 1.165) is 12.6 Å². The van der Waals surface area contributed by atoms with E-state index in [2.05, 4.69) is 91.0 Å². The van der Waals surface area contributed by atoms with Crippen molar-refractivity contribution in [1.29, 1.82) is 0 Å². The summed E-state index contributed by atoms with van der Waals surface area (Å²) in [7, 11) is -2.27. The summed E-state index contributed by atoms with van der Waals surface area (Å²) < 4.78 is 5.83. The Morgan fingerprint density at radius 2 is 1.10 bits per heavy atom. The fourth-order valence-electron chi connectivity index (χ4n) is 4.21. The molecule has 0 N–H and O–H groups in total. The van der Waals surface area contributed by atoms with E-state index in [0.29, 0.717) is 12.4 Å². The van der Waals surface area contributed by atoms with Crippen molar-refractivity contribution in [3.63, 3.8) is 0 Å².